The van der Waals surface area contributed by atoms with Crippen molar-refractivity contribution in [3.8, 4) is 0 Å². The van der Waals surface area contributed by atoms with Gasteiger partial charge in [-0.05, 0) is 79.4 Å². The Morgan fingerprint density at radius 1 is 0.882 bits per heavy atom. The molecule has 34 heavy (non-hydrogen) atoms. The molecule has 3 amide bonds. The van der Waals surface area contributed by atoms with E-state index < -0.39 is 11.8 Å². The molecule has 172 valence electrons. The fourth-order valence-corrected chi connectivity index (χ4v) is 3.88. The molecule has 3 aromatic rings. The van der Waals surface area contributed by atoms with Crippen molar-refractivity contribution in [2.75, 3.05) is 15.5 Å². The Kier molecular flexibility index (Phi) is 6.52. The fourth-order valence-electron chi connectivity index (χ4n) is 3.67. The molecule has 0 bridgehead atoms. The van der Waals surface area contributed by atoms with Crippen molar-refractivity contribution in [1.29, 1.82) is 0 Å². The minimum Gasteiger partial charge on any atom is -0.350 e. The van der Waals surface area contributed by atoms with Crippen LogP contribution in [0.5, 0.6) is 0 Å². The Morgan fingerprint density at radius 3 is 2.18 bits per heavy atom. The highest BCUT2D eigenvalue weighted by atomic mass is 35.5. The van der Waals surface area contributed by atoms with E-state index in [1.165, 1.54) is 5.56 Å². The van der Waals surface area contributed by atoms with E-state index in [0.29, 0.717) is 22.6 Å². The molecule has 1 aliphatic heterocycles. The van der Waals surface area contributed by atoms with E-state index in [9.17, 15) is 14.4 Å². The first kappa shape index (κ1) is 23.3. The summed E-state index contributed by atoms with van der Waals surface area (Å²) in [5.74, 6) is -1.35. The van der Waals surface area contributed by atoms with E-state index in [-0.39, 0.29) is 16.6 Å². The molecule has 0 saturated heterocycles. The molecule has 2 N–H and O–H groups in total. The highest BCUT2D eigenvalue weighted by Gasteiger charge is 2.39. The average Bonchev–Trinajstić information content (AvgIpc) is 3.04. The van der Waals surface area contributed by atoms with Crippen LogP contribution in [0.3, 0.4) is 0 Å². The Hall–Kier alpha value is -3.90. The van der Waals surface area contributed by atoms with Crippen LogP contribution in [0.1, 0.15) is 34.0 Å². The lowest BCUT2D eigenvalue weighted by Crippen LogP contribution is -2.32. The molecule has 1 aliphatic rings. The van der Waals surface area contributed by atoms with Crippen molar-refractivity contribution in [3.63, 3.8) is 0 Å². The van der Waals surface area contributed by atoms with E-state index in [4.69, 9.17) is 11.6 Å². The van der Waals surface area contributed by atoms with Crippen molar-refractivity contribution in [3.05, 3.63) is 99.7 Å². The van der Waals surface area contributed by atoms with Crippen LogP contribution < -0.4 is 15.5 Å². The number of carbonyl (C=O) groups excluding carboxylic acids is 3. The second-order valence-corrected chi connectivity index (χ2v) is 8.51. The second-order valence-electron chi connectivity index (χ2n) is 8.13. The zero-order valence-electron chi connectivity index (χ0n) is 19.1. The van der Waals surface area contributed by atoms with Crippen LogP contribution in [0, 0.1) is 13.8 Å². The number of hydrogen-bond acceptors (Lipinski definition) is 4. The number of carbonyl (C=O) groups is 3. The fraction of sp³-hybridized carbons (Fsp3) is 0.148. The van der Waals surface area contributed by atoms with Gasteiger partial charge in [0.1, 0.15) is 10.7 Å². The van der Waals surface area contributed by atoms with Gasteiger partial charge in [0.25, 0.3) is 17.7 Å². The number of amides is 3. The number of imide groups is 1. The molecule has 0 aliphatic carbocycles. The number of hydrogen-bond donors (Lipinski definition) is 2. The Labute approximate surface area is 203 Å². The van der Waals surface area contributed by atoms with Crippen LogP contribution in [-0.2, 0) is 16.0 Å². The number of benzene rings is 3. The summed E-state index contributed by atoms with van der Waals surface area (Å²) in [5.41, 5.74) is 5.11. The maximum Gasteiger partial charge on any atom is 0.283 e. The van der Waals surface area contributed by atoms with Crippen LogP contribution >= 0.6 is 11.6 Å². The summed E-state index contributed by atoms with van der Waals surface area (Å²) in [6.07, 6.45) is 0.930. The Balaban J connectivity index is 1.48. The van der Waals surface area contributed by atoms with Crippen LogP contribution in [-0.4, -0.2) is 17.7 Å². The van der Waals surface area contributed by atoms with Crippen LogP contribution in [0.4, 0.5) is 17.1 Å². The van der Waals surface area contributed by atoms with E-state index in [2.05, 4.69) is 17.6 Å². The summed E-state index contributed by atoms with van der Waals surface area (Å²) in [6.45, 7) is 5.79. The largest absolute Gasteiger partial charge is 0.350 e. The normalized spacial score (nSPS) is 13.5. The van der Waals surface area contributed by atoms with Crippen molar-refractivity contribution < 1.29 is 14.4 Å². The van der Waals surface area contributed by atoms with Crippen molar-refractivity contribution >= 4 is 46.4 Å². The lowest BCUT2D eigenvalue weighted by Gasteiger charge is -2.18. The zero-order valence-corrected chi connectivity index (χ0v) is 19.9. The van der Waals surface area contributed by atoms with E-state index in [0.717, 1.165) is 22.4 Å². The first-order valence-corrected chi connectivity index (χ1v) is 11.3. The molecule has 3 aromatic carbocycles. The standard InChI is InChI=1S/C27H24ClN3O3/c1-4-18-7-11-21(12-8-18)30-25(32)19-9-13-20(14-10-19)29-24-23(28)26(33)31(27(24)34)22-15-16(2)5-6-17(22)3/h5-15,29H,4H2,1-3H3,(H,30,32). The molecule has 0 spiro atoms. The summed E-state index contributed by atoms with van der Waals surface area (Å²) in [6, 6.07) is 19.8. The smallest absolute Gasteiger partial charge is 0.283 e. The van der Waals surface area contributed by atoms with Gasteiger partial charge in [0.15, 0.2) is 0 Å². The van der Waals surface area contributed by atoms with Gasteiger partial charge in [-0.15, -0.1) is 0 Å². The summed E-state index contributed by atoms with van der Waals surface area (Å²) < 4.78 is 0. The summed E-state index contributed by atoms with van der Waals surface area (Å²) in [5, 5.41) is 5.62. The van der Waals surface area contributed by atoms with E-state index in [1.807, 2.05) is 50.2 Å². The molecule has 0 radical (unpaired) electrons. The Morgan fingerprint density at radius 2 is 1.53 bits per heavy atom. The van der Waals surface area contributed by atoms with Crippen LogP contribution in [0.25, 0.3) is 0 Å². The van der Waals surface area contributed by atoms with Gasteiger partial charge in [-0.2, -0.15) is 0 Å². The number of halogens is 1. The molecular weight excluding hydrogens is 450 g/mol. The number of aryl methyl sites for hydroxylation is 3. The minimum atomic E-state index is -0.576. The molecule has 7 heteroatoms. The first-order valence-electron chi connectivity index (χ1n) is 10.9. The second kappa shape index (κ2) is 9.53. The van der Waals surface area contributed by atoms with Crippen LogP contribution in [0.2, 0.25) is 0 Å². The first-order chi connectivity index (χ1) is 16.3. The van der Waals surface area contributed by atoms with Crippen molar-refractivity contribution in [2.24, 2.45) is 0 Å². The number of anilines is 3. The van der Waals surface area contributed by atoms with Gasteiger partial charge in [0.05, 0.1) is 5.69 Å². The third-order valence-electron chi connectivity index (χ3n) is 5.67. The van der Waals surface area contributed by atoms with Gasteiger partial charge >= 0.3 is 0 Å². The molecular formula is C27H24ClN3O3. The van der Waals surface area contributed by atoms with E-state index >= 15 is 0 Å². The molecule has 0 aromatic heterocycles. The lowest BCUT2D eigenvalue weighted by atomic mass is 10.1. The quantitative estimate of drug-likeness (QED) is 0.460. The molecule has 1 heterocycles. The van der Waals surface area contributed by atoms with E-state index in [1.54, 1.807) is 30.3 Å². The number of nitrogens with one attached hydrogen (secondary N) is 2. The predicted molar refractivity (Wildman–Crippen MR) is 135 cm³/mol. The molecule has 0 saturated carbocycles. The maximum absolute atomic E-state index is 13.1. The van der Waals surface area contributed by atoms with Gasteiger partial charge < -0.3 is 10.6 Å². The van der Waals surface area contributed by atoms with Gasteiger partial charge in [-0.25, -0.2) is 4.90 Å². The van der Waals surface area contributed by atoms with Gasteiger partial charge in [-0.1, -0.05) is 42.8 Å². The Bertz CT molecular complexity index is 1310. The summed E-state index contributed by atoms with van der Waals surface area (Å²) in [4.78, 5) is 39.5. The summed E-state index contributed by atoms with van der Waals surface area (Å²) in [7, 11) is 0. The third-order valence-corrected chi connectivity index (χ3v) is 6.02. The van der Waals surface area contributed by atoms with Gasteiger partial charge in [0.2, 0.25) is 0 Å². The van der Waals surface area contributed by atoms with Crippen molar-refractivity contribution in [2.45, 2.75) is 27.2 Å². The number of nitrogens with zero attached hydrogens (tertiary/aromatic N) is 1. The monoisotopic (exact) mass is 473 g/mol. The average molecular weight is 474 g/mol. The van der Waals surface area contributed by atoms with Crippen LogP contribution in [0.15, 0.2) is 77.5 Å². The van der Waals surface area contributed by atoms with Gasteiger partial charge in [-0.3, -0.25) is 14.4 Å². The minimum absolute atomic E-state index is 0.000730. The molecule has 0 fully saturated rings. The third kappa shape index (κ3) is 4.58. The van der Waals surface area contributed by atoms with Gasteiger partial charge in [0, 0.05) is 16.9 Å². The predicted octanol–water partition coefficient (Wildman–Crippen LogP) is 5.55. The summed E-state index contributed by atoms with van der Waals surface area (Å²) >= 11 is 6.24. The lowest BCUT2D eigenvalue weighted by molar-refractivity contribution is -0.120. The molecule has 0 atom stereocenters. The topological polar surface area (TPSA) is 78.5 Å². The highest BCUT2D eigenvalue weighted by Crippen LogP contribution is 2.32. The zero-order chi connectivity index (χ0) is 24.4. The molecule has 0 unspecified atom stereocenters. The molecule has 4 rings (SSSR count). The SMILES string of the molecule is CCc1ccc(NC(=O)c2ccc(NC3=C(Cl)C(=O)N(c4cc(C)ccc4C)C3=O)cc2)cc1. The maximum atomic E-state index is 13.1. The molecule has 6 nitrogen and oxygen atoms in total. The highest BCUT2D eigenvalue weighted by molar-refractivity contribution is 6.53. The number of rotatable bonds is 6. The van der Waals surface area contributed by atoms with Crippen molar-refractivity contribution in [1.82, 2.24) is 0 Å².